The summed E-state index contributed by atoms with van der Waals surface area (Å²) in [5.74, 6) is -1.04. The van der Waals surface area contributed by atoms with Crippen LogP contribution in [0.2, 0.25) is 0 Å². The molecular weight excluding hydrogens is 437 g/mol. The number of benzene rings is 3. The molecule has 0 radical (unpaired) electrons. The number of hydrogen-bond donors (Lipinski definition) is 1. The number of halogens is 1. The van der Waals surface area contributed by atoms with Gasteiger partial charge in [-0.25, -0.2) is 9.37 Å². The lowest BCUT2D eigenvalue weighted by molar-refractivity contribution is 0.0729. The molecule has 166 valence electrons. The monoisotopic (exact) mass is 459 g/mol. The fraction of sp³-hybridized carbons (Fsp3) is 0.115. The van der Waals surface area contributed by atoms with Crippen LogP contribution in [0.4, 0.5) is 4.39 Å². The molecule has 0 atom stereocenters. The molecule has 4 aromatic rings. The van der Waals surface area contributed by atoms with Gasteiger partial charge in [0.1, 0.15) is 16.5 Å². The van der Waals surface area contributed by atoms with Crippen molar-refractivity contribution in [1.29, 1.82) is 0 Å². The van der Waals surface area contributed by atoms with E-state index in [1.54, 1.807) is 16.3 Å². The first kappa shape index (κ1) is 22.4. The van der Waals surface area contributed by atoms with E-state index >= 15 is 0 Å². The molecule has 1 aromatic heterocycles. The molecule has 0 aliphatic carbocycles. The highest BCUT2D eigenvalue weighted by molar-refractivity contribution is 7.09. The largest absolute Gasteiger partial charge is 0.347 e. The molecule has 0 bridgehead atoms. The van der Waals surface area contributed by atoms with Gasteiger partial charge in [0.25, 0.3) is 11.8 Å². The summed E-state index contributed by atoms with van der Waals surface area (Å²) in [7, 11) is 0. The van der Waals surface area contributed by atoms with Gasteiger partial charge in [-0.1, -0.05) is 66.7 Å². The van der Waals surface area contributed by atoms with E-state index < -0.39 is 5.82 Å². The van der Waals surface area contributed by atoms with Crippen LogP contribution in [0.3, 0.4) is 0 Å². The van der Waals surface area contributed by atoms with Crippen molar-refractivity contribution in [2.45, 2.75) is 19.6 Å². The SMILES string of the molecule is O=C(NCc1ccccc1)c1csc(CN(Cc2ccccc2)C(=O)c2cccc(F)c2)n1. The van der Waals surface area contributed by atoms with E-state index in [2.05, 4.69) is 10.3 Å². The third kappa shape index (κ3) is 6.11. The number of rotatable bonds is 8. The van der Waals surface area contributed by atoms with E-state index in [9.17, 15) is 14.0 Å². The Labute approximate surface area is 195 Å². The van der Waals surface area contributed by atoms with Crippen LogP contribution in [0.25, 0.3) is 0 Å². The number of aromatic nitrogens is 1. The van der Waals surface area contributed by atoms with Gasteiger partial charge >= 0.3 is 0 Å². The third-order valence-corrected chi connectivity index (χ3v) is 5.82. The van der Waals surface area contributed by atoms with Crippen molar-refractivity contribution >= 4 is 23.2 Å². The zero-order chi connectivity index (χ0) is 23.0. The minimum Gasteiger partial charge on any atom is -0.347 e. The molecule has 1 N–H and O–H groups in total. The Morgan fingerprint density at radius 2 is 1.58 bits per heavy atom. The molecule has 0 spiro atoms. The third-order valence-electron chi connectivity index (χ3n) is 4.98. The van der Waals surface area contributed by atoms with Crippen molar-refractivity contribution in [3.05, 3.63) is 124 Å². The van der Waals surface area contributed by atoms with Crippen LogP contribution in [0.15, 0.2) is 90.3 Å². The van der Waals surface area contributed by atoms with Crippen LogP contribution in [0, 0.1) is 5.82 Å². The Kier molecular flexibility index (Phi) is 7.22. The molecule has 3 aromatic carbocycles. The number of hydrogen-bond acceptors (Lipinski definition) is 4. The molecule has 33 heavy (non-hydrogen) atoms. The van der Waals surface area contributed by atoms with Gasteiger partial charge in [0, 0.05) is 24.0 Å². The van der Waals surface area contributed by atoms with E-state index in [-0.39, 0.29) is 23.9 Å². The summed E-state index contributed by atoms with van der Waals surface area (Å²) >= 11 is 1.31. The zero-order valence-electron chi connectivity index (χ0n) is 17.8. The van der Waals surface area contributed by atoms with E-state index in [1.807, 2.05) is 60.7 Å². The lowest BCUT2D eigenvalue weighted by Crippen LogP contribution is -2.30. The van der Waals surface area contributed by atoms with Gasteiger partial charge in [-0.05, 0) is 29.3 Å². The maximum atomic E-state index is 13.7. The molecule has 5 nitrogen and oxygen atoms in total. The fourth-order valence-corrected chi connectivity index (χ4v) is 4.12. The average Bonchev–Trinajstić information content (AvgIpc) is 3.32. The molecule has 1 heterocycles. The molecule has 0 aliphatic rings. The molecule has 0 fully saturated rings. The Morgan fingerprint density at radius 1 is 0.879 bits per heavy atom. The first-order chi connectivity index (χ1) is 16.1. The first-order valence-electron chi connectivity index (χ1n) is 10.4. The topological polar surface area (TPSA) is 62.3 Å². The number of amides is 2. The van der Waals surface area contributed by atoms with Gasteiger partial charge in [0.2, 0.25) is 0 Å². The maximum absolute atomic E-state index is 13.7. The smallest absolute Gasteiger partial charge is 0.271 e. The minimum atomic E-state index is -0.466. The highest BCUT2D eigenvalue weighted by Crippen LogP contribution is 2.18. The summed E-state index contributed by atoms with van der Waals surface area (Å²) in [6.45, 7) is 0.955. The zero-order valence-corrected chi connectivity index (χ0v) is 18.6. The summed E-state index contributed by atoms with van der Waals surface area (Å²) in [6, 6.07) is 24.8. The Bertz CT molecular complexity index is 1230. The van der Waals surface area contributed by atoms with Crippen LogP contribution in [0.1, 0.15) is 37.0 Å². The van der Waals surface area contributed by atoms with Gasteiger partial charge in [-0.2, -0.15) is 0 Å². The van der Waals surface area contributed by atoms with Crippen molar-refractivity contribution in [2.24, 2.45) is 0 Å². The van der Waals surface area contributed by atoms with Crippen molar-refractivity contribution in [3.8, 4) is 0 Å². The van der Waals surface area contributed by atoms with E-state index in [0.29, 0.717) is 23.8 Å². The number of nitrogens with zero attached hydrogens (tertiary/aromatic N) is 2. The van der Waals surface area contributed by atoms with Crippen LogP contribution >= 0.6 is 11.3 Å². The lowest BCUT2D eigenvalue weighted by atomic mass is 10.1. The summed E-state index contributed by atoms with van der Waals surface area (Å²) < 4.78 is 13.7. The van der Waals surface area contributed by atoms with Gasteiger partial charge in [-0.15, -0.1) is 11.3 Å². The van der Waals surface area contributed by atoms with Crippen molar-refractivity contribution in [1.82, 2.24) is 15.2 Å². The summed E-state index contributed by atoms with van der Waals surface area (Å²) in [4.78, 5) is 31.7. The second-order valence-corrected chi connectivity index (χ2v) is 8.39. The standard InChI is InChI=1S/C26H22FN3O2S/c27-22-13-7-12-21(14-22)26(32)30(16-20-10-5-2-6-11-20)17-24-29-23(18-33-24)25(31)28-15-19-8-3-1-4-9-19/h1-14,18H,15-17H2,(H,28,31). The minimum absolute atomic E-state index is 0.209. The molecular formula is C26H22FN3O2S. The molecule has 0 unspecified atom stereocenters. The normalized spacial score (nSPS) is 10.6. The summed E-state index contributed by atoms with van der Waals surface area (Å²) in [5.41, 5.74) is 2.52. The molecule has 7 heteroatoms. The van der Waals surface area contributed by atoms with Crippen molar-refractivity contribution < 1.29 is 14.0 Å². The maximum Gasteiger partial charge on any atom is 0.271 e. The van der Waals surface area contributed by atoms with Gasteiger partial charge in [0.15, 0.2) is 0 Å². The lowest BCUT2D eigenvalue weighted by Gasteiger charge is -2.22. The number of carbonyl (C=O) groups is 2. The van der Waals surface area contributed by atoms with Gasteiger partial charge < -0.3 is 10.2 Å². The predicted octanol–water partition coefficient (Wildman–Crippen LogP) is 5.05. The number of nitrogens with one attached hydrogen (secondary N) is 1. The number of thiazole rings is 1. The van der Waals surface area contributed by atoms with Crippen molar-refractivity contribution in [2.75, 3.05) is 0 Å². The van der Waals surface area contributed by atoms with E-state index in [1.165, 1.54) is 29.5 Å². The Morgan fingerprint density at radius 3 is 2.27 bits per heavy atom. The molecule has 0 saturated carbocycles. The molecule has 0 aliphatic heterocycles. The average molecular weight is 460 g/mol. The van der Waals surface area contributed by atoms with E-state index in [0.717, 1.165) is 11.1 Å². The highest BCUT2D eigenvalue weighted by Gasteiger charge is 2.20. The first-order valence-corrected chi connectivity index (χ1v) is 11.3. The Hall–Kier alpha value is -3.84. The van der Waals surface area contributed by atoms with Crippen LogP contribution in [-0.2, 0) is 19.6 Å². The van der Waals surface area contributed by atoms with Gasteiger partial charge in [-0.3, -0.25) is 9.59 Å². The molecule has 2 amide bonds. The fourth-order valence-electron chi connectivity index (χ4n) is 3.33. The van der Waals surface area contributed by atoms with Crippen molar-refractivity contribution in [3.63, 3.8) is 0 Å². The van der Waals surface area contributed by atoms with Gasteiger partial charge in [0.05, 0.1) is 6.54 Å². The number of carbonyl (C=O) groups excluding carboxylic acids is 2. The predicted molar refractivity (Wildman–Crippen MR) is 126 cm³/mol. The van der Waals surface area contributed by atoms with Crippen LogP contribution in [-0.4, -0.2) is 21.7 Å². The molecule has 0 saturated heterocycles. The summed E-state index contributed by atoms with van der Waals surface area (Å²) in [6.07, 6.45) is 0. The highest BCUT2D eigenvalue weighted by atomic mass is 32.1. The Balaban J connectivity index is 1.48. The van der Waals surface area contributed by atoms with Crippen LogP contribution in [0.5, 0.6) is 0 Å². The summed E-state index contributed by atoms with van der Waals surface area (Å²) in [5, 5.41) is 5.17. The second-order valence-electron chi connectivity index (χ2n) is 7.45. The second kappa shape index (κ2) is 10.7. The quantitative estimate of drug-likeness (QED) is 0.401. The van der Waals surface area contributed by atoms with Crippen LogP contribution < -0.4 is 5.32 Å². The van der Waals surface area contributed by atoms with E-state index in [4.69, 9.17) is 0 Å². The molecule has 4 rings (SSSR count).